The SMILES string of the molecule is O=C[C@@H]1C/C=C\CCCCOc2cccc(c2)-c2ccccc2C(=O)N1. The molecule has 1 aliphatic rings. The normalized spacial score (nSPS) is 19.5. The van der Waals surface area contributed by atoms with Crippen LogP contribution in [0.5, 0.6) is 5.75 Å². The summed E-state index contributed by atoms with van der Waals surface area (Å²) in [4.78, 5) is 24.1. The van der Waals surface area contributed by atoms with Gasteiger partial charge in [-0.1, -0.05) is 42.5 Å². The van der Waals surface area contributed by atoms with Crippen LogP contribution in [0.1, 0.15) is 36.0 Å². The molecule has 0 unspecified atom stereocenters. The number of hydrogen-bond donors (Lipinski definition) is 1. The maximum absolute atomic E-state index is 12.7. The lowest BCUT2D eigenvalue weighted by Gasteiger charge is -2.15. The van der Waals surface area contributed by atoms with E-state index >= 15 is 0 Å². The number of hydrogen-bond acceptors (Lipinski definition) is 3. The molecule has 0 spiro atoms. The Labute approximate surface area is 153 Å². The van der Waals surface area contributed by atoms with E-state index in [2.05, 4.69) is 11.4 Å². The van der Waals surface area contributed by atoms with Crippen LogP contribution in [0.3, 0.4) is 0 Å². The Balaban J connectivity index is 1.96. The van der Waals surface area contributed by atoms with E-state index in [1.54, 1.807) is 6.07 Å². The fourth-order valence-corrected chi connectivity index (χ4v) is 3.00. The number of amides is 1. The lowest BCUT2D eigenvalue weighted by molar-refractivity contribution is -0.109. The minimum absolute atomic E-state index is 0.246. The molecule has 1 atom stereocenters. The quantitative estimate of drug-likeness (QED) is 0.621. The third kappa shape index (κ3) is 4.60. The minimum atomic E-state index is -0.519. The Morgan fingerprint density at radius 3 is 2.69 bits per heavy atom. The van der Waals surface area contributed by atoms with Crippen molar-refractivity contribution < 1.29 is 14.3 Å². The van der Waals surface area contributed by atoms with Crippen molar-refractivity contribution in [3.8, 4) is 16.9 Å². The number of benzene rings is 2. The predicted molar refractivity (Wildman–Crippen MR) is 102 cm³/mol. The number of rotatable bonds is 1. The Bertz CT molecular complexity index is 797. The molecule has 26 heavy (non-hydrogen) atoms. The molecule has 1 aliphatic heterocycles. The van der Waals surface area contributed by atoms with Gasteiger partial charge in [0.05, 0.1) is 12.6 Å². The van der Waals surface area contributed by atoms with Crippen LogP contribution in [0.15, 0.2) is 60.7 Å². The first-order chi connectivity index (χ1) is 12.8. The van der Waals surface area contributed by atoms with Gasteiger partial charge in [-0.15, -0.1) is 0 Å². The lowest BCUT2D eigenvalue weighted by Crippen LogP contribution is -2.35. The third-order valence-electron chi connectivity index (χ3n) is 4.39. The molecule has 2 bridgehead atoms. The van der Waals surface area contributed by atoms with Crippen LogP contribution in [-0.4, -0.2) is 24.8 Å². The molecule has 1 heterocycles. The molecule has 2 aromatic carbocycles. The van der Waals surface area contributed by atoms with Crippen molar-refractivity contribution in [3.05, 3.63) is 66.2 Å². The standard InChI is InChI=1S/C22H23NO3/c24-16-18-10-4-2-1-3-7-14-26-19-11-8-9-17(15-19)20-12-5-6-13-21(20)22(25)23-18/h2,4-6,8-9,11-13,15-16,18H,1,3,7,10,14H2,(H,23,25)/b4-2-/t18-/m0/s1. The molecule has 0 aliphatic carbocycles. The highest BCUT2D eigenvalue weighted by Gasteiger charge is 2.16. The van der Waals surface area contributed by atoms with Crippen LogP contribution in [0, 0.1) is 0 Å². The molecule has 0 radical (unpaired) electrons. The molecule has 0 saturated carbocycles. The van der Waals surface area contributed by atoms with E-state index in [-0.39, 0.29) is 5.91 Å². The van der Waals surface area contributed by atoms with Crippen molar-refractivity contribution >= 4 is 12.2 Å². The Hall–Kier alpha value is -2.88. The van der Waals surface area contributed by atoms with E-state index in [0.29, 0.717) is 18.6 Å². The van der Waals surface area contributed by atoms with Gasteiger partial charge in [0.25, 0.3) is 5.91 Å². The summed E-state index contributed by atoms with van der Waals surface area (Å²) in [5.74, 6) is 0.552. The highest BCUT2D eigenvalue weighted by Crippen LogP contribution is 2.27. The zero-order chi connectivity index (χ0) is 18.2. The van der Waals surface area contributed by atoms with Gasteiger partial charge in [-0.05, 0) is 55.0 Å². The van der Waals surface area contributed by atoms with Crippen molar-refractivity contribution in [2.75, 3.05) is 6.61 Å². The van der Waals surface area contributed by atoms with Gasteiger partial charge >= 0.3 is 0 Å². The van der Waals surface area contributed by atoms with E-state index in [1.165, 1.54) is 0 Å². The largest absolute Gasteiger partial charge is 0.494 e. The Morgan fingerprint density at radius 1 is 1.00 bits per heavy atom. The van der Waals surface area contributed by atoms with E-state index < -0.39 is 6.04 Å². The van der Waals surface area contributed by atoms with Crippen molar-refractivity contribution in [3.63, 3.8) is 0 Å². The van der Waals surface area contributed by atoms with Crippen LogP contribution in [0.25, 0.3) is 11.1 Å². The second-order valence-corrected chi connectivity index (χ2v) is 6.34. The maximum atomic E-state index is 12.7. The van der Waals surface area contributed by atoms with Crippen molar-refractivity contribution in [2.45, 2.75) is 31.7 Å². The second kappa shape index (κ2) is 8.99. The number of fused-ring (bicyclic) bond motifs is 4. The van der Waals surface area contributed by atoms with Gasteiger partial charge in [-0.25, -0.2) is 0 Å². The Morgan fingerprint density at radius 2 is 1.85 bits per heavy atom. The number of aldehydes is 1. The lowest BCUT2D eigenvalue weighted by atomic mass is 9.98. The molecule has 3 rings (SSSR count). The molecule has 1 N–H and O–H groups in total. The second-order valence-electron chi connectivity index (χ2n) is 6.34. The summed E-state index contributed by atoms with van der Waals surface area (Å²) in [6, 6.07) is 14.7. The van der Waals surface area contributed by atoms with Gasteiger partial charge in [-0.2, -0.15) is 0 Å². The smallest absolute Gasteiger partial charge is 0.252 e. The first-order valence-electron chi connectivity index (χ1n) is 9.01. The van der Waals surface area contributed by atoms with E-state index in [4.69, 9.17) is 4.74 Å². The zero-order valence-corrected chi connectivity index (χ0v) is 14.7. The summed E-state index contributed by atoms with van der Waals surface area (Å²) in [6.07, 6.45) is 8.25. The highest BCUT2D eigenvalue weighted by molar-refractivity contribution is 6.01. The average Bonchev–Trinajstić information content (AvgIpc) is 2.68. The summed E-state index contributed by atoms with van der Waals surface area (Å²) >= 11 is 0. The zero-order valence-electron chi connectivity index (χ0n) is 14.7. The van der Waals surface area contributed by atoms with Crippen LogP contribution < -0.4 is 10.1 Å². The molecule has 0 fully saturated rings. The van der Waals surface area contributed by atoms with E-state index in [0.717, 1.165) is 42.4 Å². The summed E-state index contributed by atoms with van der Waals surface area (Å²) in [6.45, 7) is 0.663. The molecular formula is C22H23NO3. The molecule has 0 saturated heterocycles. The minimum Gasteiger partial charge on any atom is -0.494 e. The molecule has 4 nitrogen and oxygen atoms in total. The first-order valence-corrected chi connectivity index (χ1v) is 9.01. The van der Waals surface area contributed by atoms with Crippen LogP contribution in [-0.2, 0) is 4.79 Å². The van der Waals surface area contributed by atoms with Crippen molar-refractivity contribution in [1.82, 2.24) is 5.32 Å². The summed E-state index contributed by atoms with van der Waals surface area (Å²) in [5.41, 5.74) is 2.29. The van der Waals surface area contributed by atoms with Gasteiger partial charge in [0.2, 0.25) is 0 Å². The maximum Gasteiger partial charge on any atom is 0.252 e. The molecule has 4 heteroatoms. The summed E-state index contributed by atoms with van der Waals surface area (Å²) in [7, 11) is 0. The average molecular weight is 349 g/mol. The predicted octanol–water partition coefficient (Wildman–Crippen LogP) is 4.16. The number of carbonyl (C=O) groups excluding carboxylic acids is 2. The number of nitrogens with one attached hydrogen (secondary N) is 1. The van der Waals surface area contributed by atoms with Gasteiger partial charge < -0.3 is 14.8 Å². The number of carbonyl (C=O) groups is 2. The highest BCUT2D eigenvalue weighted by atomic mass is 16.5. The van der Waals surface area contributed by atoms with Gasteiger partial charge in [0.1, 0.15) is 12.0 Å². The number of allylic oxidation sites excluding steroid dienone is 1. The van der Waals surface area contributed by atoms with Crippen molar-refractivity contribution in [1.29, 1.82) is 0 Å². The fourth-order valence-electron chi connectivity index (χ4n) is 3.00. The van der Waals surface area contributed by atoms with Gasteiger partial charge in [-0.3, -0.25) is 4.79 Å². The topological polar surface area (TPSA) is 55.4 Å². The molecule has 1 amide bonds. The van der Waals surface area contributed by atoms with Gasteiger partial charge in [0.15, 0.2) is 0 Å². The molecule has 0 aromatic heterocycles. The number of ether oxygens (including phenoxy) is 1. The molecular weight excluding hydrogens is 326 g/mol. The van der Waals surface area contributed by atoms with Crippen LogP contribution in [0.4, 0.5) is 0 Å². The summed E-state index contributed by atoms with van der Waals surface area (Å²) in [5, 5.41) is 2.82. The molecule has 134 valence electrons. The Kier molecular flexibility index (Phi) is 6.20. The first kappa shape index (κ1) is 17.9. The molecule has 2 aromatic rings. The summed E-state index contributed by atoms with van der Waals surface area (Å²) < 4.78 is 5.85. The van der Waals surface area contributed by atoms with Crippen LogP contribution in [0.2, 0.25) is 0 Å². The van der Waals surface area contributed by atoms with Gasteiger partial charge in [0, 0.05) is 5.56 Å². The monoisotopic (exact) mass is 349 g/mol. The van der Waals surface area contributed by atoms with Crippen LogP contribution >= 0.6 is 0 Å². The van der Waals surface area contributed by atoms with Crippen molar-refractivity contribution in [2.24, 2.45) is 0 Å². The third-order valence-corrected chi connectivity index (χ3v) is 4.39. The fraction of sp³-hybridized carbons (Fsp3) is 0.273. The van der Waals surface area contributed by atoms with E-state index in [1.807, 2.05) is 48.5 Å². The van der Waals surface area contributed by atoms with E-state index in [9.17, 15) is 9.59 Å².